The molecule has 1 heterocycles. The number of nitrogens with zero attached hydrogens (tertiary/aromatic N) is 1. The van der Waals surface area contributed by atoms with Crippen LogP contribution in [0.1, 0.15) is 25.0 Å². The Kier molecular flexibility index (Phi) is 8.20. The van der Waals surface area contributed by atoms with Gasteiger partial charge in [0.2, 0.25) is 0 Å². The number of benzene rings is 9. The maximum atomic E-state index is 6.83. The fourth-order valence-corrected chi connectivity index (χ4v) is 9.42. The van der Waals surface area contributed by atoms with E-state index in [0.29, 0.717) is 0 Å². The van der Waals surface area contributed by atoms with Gasteiger partial charge in [-0.15, -0.1) is 0 Å². The zero-order chi connectivity index (χ0) is 39.5. The molecule has 9 aromatic carbocycles. The molecule has 2 nitrogen and oxygen atoms in total. The fraction of sp³-hybridized carbons (Fsp3) is 0.0526. The molecule has 0 bridgehead atoms. The van der Waals surface area contributed by atoms with Gasteiger partial charge in [0, 0.05) is 39.2 Å². The minimum Gasteiger partial charge on any atom is -0.456 e. The molecule has 59 heavy (non-hydrogen) atoms. The van der Waals surface area contributed by atoms with Gasteiger partial charge >= 0.3 is 0 Å². The Hall–Kier alpha value is -7.42. The van der Waals surface area contributed by atoms with Crippen LogP contribution in [0.3, 0.4) is 0 Å². The summed E-state index contributed by atoms with van der Waals surface area (Å²) < 4.78 is 6.83. The Morgan fingerprint density at radius 2 is 0.797 bits per heavy atom. The normalized spacial score (nSPS) is 12.8. The van der Waals surface area contributed by atoms with E-state index in [9.17, 15) is 0 Å². The highest BCUT2D eigenvalue weighted by Crippen LogP contribution is 2.54. The average molecular weight is 756 g/mol. The molecule has 280 valence electrons. The van der Waals surface area contributed by atoms with Gasteiger partial charge in [0.25, 0.3) is 0 Å². The molecule has 11 rings (SSSR count). The number of rotatable bonds is 6. The lowest BCUT2D eigenvalue weighted by atomic mass is 9.82. The molecular weight excluding hydrogens is 715 g/mol. The van der Waals surface area contributed by atoms with Crippen LogP contribution in [-0.2, 0) is 5.41 Å². The van der Waals surface area contributed by atoms with E-state index < -0.39 is 0 Å². The summed E-state index contributed by atoms with van der Waals surface area (Å²) >= 11 is 0. The summed E-state index contributed by atoms with van der Waals surface area (Å²) in [5, 5.41) is 0. The summed E-state index contributed by atoms with van der Waals surface area (Å²) in [7, 11) is 0. The van der Waals surface area contributed by atoms with E-state index in [-0.39, 0.29) is 5.41 Å². The number of hydrogen-bond acceptors (Lipinski definition) is 2. The highest BCUT2D eigenvalue weighted by molar-refractivity contribution is 6.04. The SMILES string of the molecule is CC1(C)c2ccccc2-c2ccc(N(c3ccc(-c4ccccc4)cc3)c3ccc(-c4cccc5c4-c4c(-c6ccccc6)cccc4-c4ccccc4O5)cc3)cc21. The second kappa shape index (κ2) is 13.9. The van der Waals surface area contributed by atoms with Gasteiger partial charge < -0.3 is 9.64 Å². The van der Waals surface area contributed by atoms with Crippen LogP contribution in [0.2, 0.25) is 0 Å². The summed E-state index contributed by atoms with van der Waals surface area (Å²) in [6, 6.07) is 76.7. The van der Waals surface area contributed by atoms with Crippen LogP contribution in [0.5, 0.6) is 11.5 Å². The number of anilines is 3. The van der Waals surface area contributed by atoms with Crippen LogP contribution >= 0.6 is 0 Å². The third kappa shape index (κ3) is 5.79. The predicted octanol–water partition coefficient (Wildman–Crippen LogP) is 15.9. The van der Waals surface area contributed by atoms with Crippen molar-refractivity contribution in [1.29, 1.82) is 0 Å². The van der Waals surface area contributed by atoms with Crippen molar-refractivity contribution in [2.45, 2.75) is 19.3 Å². The molecule has 0 fully saturated rings. The number of fused-ring (bicyclic) bond motifs is 8. The van der Waals surface area contributed by atoms with Crippen molar-refractivity contribution in [3.8, 4) is 78.3 Å². The molecule has 2 heteroatoms. The molecule has 0 N–H and O–H groups in total. The Labute approximate surface area is 346 Å². The monoisotopic (exact) mass is 755 g/mol. The molecule has 0 unspecified atom stereocenters. The largest absolute Gasteiger partial charge is 0.456 e. The van der Waals surface area contributed by atoms with E-state index >= 15 is 0 Å². The number of ether oxygens (including phenoxy) is 1. The molecule has 1 aliphatic heterocycles. The van der Waals surface area contributed by atoms with Gasteiger partial charge in [-0.25, -0.2) is 0 Å². The van der Waals surface area contributed by atoms with Crippen molar-refractivity contribution in [1.82, 2.24) is 0 Å². The summed E-state index contributed by atoms with van der Waals surface area (Å²) in [6.07, 6.45) is 0. The topological polar surface area (TPSA) is 12.5 Å². The molecule has 0 atom stereocenters. The second-order valence-electron chi connectivity index (χ2n) is 16.1. The van der Waals surface area contributed by atoms with E-state index in [0.717, 1.165) is 56.4 Å². The number of para-hydroxylation sites is 1. The molecule has 0 aromatic heterocycles. The van der Waals surface area contributed by atoms with Crippen molar-refractivity contribution in [2.75, 3.05) is 4.90 Å². The van der Waals surface area contributed by atoms with E-state index in [1.54, 1.807) is 0 Å². The Morgan fingerprint density at radius 1 is 0.322 bits per heavy atom. The third-order valence-corrected chi connectivity index (χ3v) is 12.3. The molecule has 0 radical (unpaired) electrons. The van der Waals surface area contributed by atoms with Gasteiger partial charge in [-0.3, -0.25) is 0 Å². The molecule has 1 aliphatic carbocycles. The quantitative estimate of drug-likeness (QED) is 0.168. The van der Waals surface area contributed by atoms with Gasteiger partial charge in [0.15, 0.2) is 0 Å². The summed E-state index contributed by atoms with van der Waals surface area (Å²) in [4.78, 5) is 2.39. The first-order chi connectivity index (χ1) is 29.0. The highest BCUT2D eigenvalue weighted by Gasteiger charge is 2.36. The summed E-state index contributed by atoms with van der Waals surface area (Å²) in [6.45, 7) is 4.70. The van der Waals surface area contributed by atoms with Crippen LogP contribution < -0.4 is 9.64 Å². The van der Waals surface area contributed by atoms with Crippen LogP contribution in [0, 0.1) is 0 Å². The minimum atomic E-state index is -0.115. The van der Waals surface area contributed by atoms with Crippen molar-refractivity contribution in [2.24, 2.45) is 0 Å². The van der Waals surface area contributed by atoms with Gasteiger partial charge in [-0.05, 0) is 110 Å². The molecule has 0 amide bonds. The van der Waals surface area contributed by atoms with Crippen molar-refractivity contribution in [3.05, 3.63) is 223 Å². The maximum Gasteiger partial charge on any atom is 0.135 e. The van der Waals surface area contributed by atoms with Crippen molar-refractivity contribution >= 4 is 17.1 Å². The van der Waals surface area contributed by atoms with Gasteiger partial charge in [0.1, 0.15) is 11.5 Å². The van der Waals surface area contributed by atoms with Crippen LogP contribution in [-0.4, -0.2) is 0 Å². The van der Waals surface area contributed by atoms with E-state index in [1.807, 2.05) is 0 Å². The van der Waals surface area contributed by atoms with Crippen LogP contribution in [0.25, 0.3) is 66.8 Å². The fourth-order valence-electron chi connectivity index (χ4n) is 9.42. The first-order valence-corrected chi connectivity index (χ1v) is 20.4. The second-order valence-corrected chi connectivity index (χ2v) is 16.1. The molecular formula is C57H41NO. The van der Waals surface area contributed by atoms with Crippen LogP contribution in [0.15, 0.2) is 212 Å². The number of hydrogen-bond donors (Lipinski definition) is 0. The first kappa shape index (κ1) is 34.8. The van der Waals surface area contributed by atoms with E-state index in [1.165, 1.54) is 50.1 Å². The van der Waals surface area contributed by atoms with Crippen LogP contribution in [0.4, 0.5) is 17.1 Å². The Balaban J connectivity index is 1.06. The van der Waals surface area contributed by atoms with Crippen molar-refractivity contribution < 1.29 is 4.74 Å². The Bertz CT molecular complexity index is 3020. The molecule has 9 aromatic rings. The third-order valence-electron chi connectivity index (χ3n) is 12.3. The predicted molar refractivity (Wildman–Crippen MR) is 246 cm³/mol. The maximum absolute atomic E-state index is 6.83. The lowest BCUT2D eigenvalue weighted by molar-refractivity contribution is 0.488. The molecule has 2 aliphatic rings. The smallest absolute Gasteiger partial charge is 0.135 e. The lowest BCUT2D eigenvalue weighted by Crippen LogP contribution is -2.16. The minimum absolute atomic E-state index is 0.115. The average Bonchev–Trinajstić information content (AvgIpc) is 3.42. The van der Waals surface area contributed by atoms with E-state index in [4.69, 9.17) is 4.74 Å². The van der Waals surface area contributed by atoms with Crippen molar-refractivity contribution in [3.63, 3.8) is 0 Å². The summed E-state index contributed by atoms with van der Waals surface area (Å²) in [5.41, 5.74) is 20.1. The highest BCUT2D eigenvalue weighted by atomic mass is 16.5. The zero-order valence-electron chi connectivity index (χ0n) is 33.1. The molecule has 0 saturated heterocycles. The van der Waals surface area contributed by atoms with E-state index in [2.05, 4.69) is 231 Å². The molecule has 0 spiro atoms. The lowest BCUT2D eigenvalue weighted by Gasteiger charge is -2.28. The van der Waals surface area contributed by atoms with Gasteiger partial charge in [-0.1, -0.05) is 178 Å². The molecule has 0 saturated carbocycles. The first-order valence-electron chi connectivity index (χ1n) is 20.4. The Morgan fingerprint density at radius 3 is 1.53 bits per heavy atom. The summed E-state index contributed by atoms with van der Waals surface area (Å²) in [5.74, 6) is 1.71. The standard InChI is InChI=1S/C57H41NO/c1-57(2)51-24-11-9-19-47(51)48-36-35-44(37-52(48)57)58(42-31-27-39(28-32-42)38-15-5-3-6-16-38)43-33-29-41(30-34-43)46-22-14-26-54-56(46)55-45(40-17-7-4-8-18-40)21-13-23-50(55)49-20-10-12-25-53(49)59-54/h3-37H,1-2H3. The zero-order valence-corrected chi connectivity index (χ0v) is 33.1. The van der Waals surface area contributed by atoms with Gasteiger partial charge in [0.05, 0.1) is 0 Å². The van der Waals surface area contributed by atoms with Gasteiger partial charge in [-0.2, -0.15) is 0 Å².